The van der Waals surface area contributed by atoms with Gasteiger partial charge in [-0.05, 0) is 58.6 Å². The van der Waals surface area contributed by atoms with Crippen LogP contribution in [0.25, 0.3) is 100 Å². The molecule has 0 bridgehead atoms. The Bertz CT molecular complexity index is 4460. The summed E-state index contributed by atoms with van der Waals surface area (Å²) in [6.07, 6.45) is 0. The molecule has 0 aliphatic rings. The van der Waals surface area contributed by atoms with Gasteiger partial charge in [0.15, 0.2) is 11.6 Å². The fourth-order valence-corrected chi connectivity index (χ4v) is 6.78. The first-order chi connectivity index (χ1) is 37.3. The first-order valence-corrected chi connectivity index (χ1v) is 17.0. The minimum atomic E-state index is -0.858. The highest BCUT2D eigenvalue weighted by molar-refractivity contribution is 6.19. The molecule has 0 radical (unpaired) electrons. The Kier molecular flexibility index (Phi) is 3.82. The predicted octanol–water partition coefficient (Wildman–Crippen LogP) is 12.7. The van der Waals surface area contributed by atoms with Crippen molar-refractivity contribution in [2.75, 3.05) is 0 Å². The van der Waals surface area contributed by atoms with E-state index < -0.39 is 184 Å². The van der Waals surface area contributed by atoms with E-state index in [-0.39, 0.29) is 22.7 Å². The number of rotatable bonds is 6. The zero-order valence-corrected chi connectivity index (χ0v) is 28.5. The molecule has 0 aliphatic carbocycles. The summed E-state index contributed by atoms with van der Waals surface area (Å²) in [6, 6.07) is -0.211. The summed E-state index contributed by atoms with van der Waals surface area (Å²) in [5.74, 6) is -1.55. The fourth-order valence-electron chi connectivity index (χ4n) is 6.78. The summed E-state index contributed by atoms with van der Waals surface area (Å²) in [5.41, 5.74) is -2.40. The van der Waals surface area contributed by atoms with Gasteiger partial charge in [-0.15, -0.1) is 0 Å². The van der Waals surface area contributed by atoms with Gasteiger partial charge in [0.2, 0.25) is 5.95 Å². The molecule has 0 saturated heterocycles. The second kappa shape index (κ2) is 13.0. The van der Waals surface area contributed by atoms with Crippen molar-refractivity contribution >= 4 is 43.6 Å². The Balaban J connectivity index is 1.25. The standard InChI is InChI=1S/C51H33N5/c1-4-14-34(15-5-1)36-24-26-39(27-25-36)50-52-49(38-18-8-3-9-19-38)53-51(54-50)56-46-23-13-11-21-42(46)44-32-43-41-20-10-12-22-45(41)55(47(43)33-48(44)56)40-30-28-37(29-31-40)35-16-6-2-7-17-35/h1-33H/i1D,2D,3D,4D,5D,6D,7D,8D,9D,14D,15D,16D,17D,18D,19D,24D,25D,26D,27D,28D,29D,30D,31D. The average molecular weight is 739 g/mol. The molecule has 3 aromatic heterocycles. The van der Waals surface area contributed by atoms with Gasteiger partial charge in [-0.3, -0.25) is 4.57 Å². The number of para-hydroxylation sites is 2. The second-order valence-electron chi connectivity index (χ2n) is 12.3. The van der Waals surface area contributed by atoms with Crippen LogP contribution in [0.5, 0.6) is 0 Å². The van der Waals surface area contributed by atoms with Crippen molar-refractivity contribution in [2.45, 2.75) is 0 Å². The summed E-state index contributed by atoms with van der Waals surface area (Å²) in [6.45, 7) is 0. The molecule has 0 N–H and O–H groups in total. The zero-order chi connectivity index (χ0) is 57.0. The van der Waals surface area contributed by atoms with Crippen LogP contribution in [-0.4, -0.2) is 24.1 Å². The molecule has 11 rings (SSSR count). The van der Waals surface area contributed by atoms with Crippen LogP contribution in [0.2, 0.25) is 0 Å². The molecule has 0 aliphatic heterocycles. The maximum absolute atomic E-state index is 9.47. The van der Waals surface area contributed by atoms with Crippen LogP contribution in [-0.2, 0) is 0 Å². The molecule has 3 heterocycles. The molecule has 56 heavy (non-hydrogen) atoms. The van der Waals surface area contributed by atoms with Crippen LogP contribution < -0.4 is 0 Å². The Hall–Kier alpha value is -7.63. The van der Waals surface area contributed by atoms with E-state index >= 15 is 0 Å². The number of fused-ring (bicyclic) bond motifs is 6. The molecule has 0 atom stereocenters. The average Bonchev–Trinajstić information content (AvgIpc) is 4.17. The van der Waals surface area contributed by atoms with Crippen LogP contribution in [0.4, 0.5) is 0 Å². The molecular weight excluding hydrogens is 683 g/mol. The summed E-state index contributed by atoms with van der Waals surface area (Å²) >= 11 is 0. The molecule has 8 aromatic carbocycles. The van der Waals surface area contributed by atoms with E-state index in [4.69, 9.17) is 33.3 Å². The largest absolute Gasteiger partial charge is 0.309 e. The van der Waals surface area contributed by atoms with Gasteiger partial charge >= 0.3 is 0 Å². The van der Waals surface area contributed by atoms with E-state index in [2.05, 4.69) is 4.98 Å². The van der Waals surface area contributed by atoms with Crippen LogP contribution in [0.15, 0.2) is 200 Å². The maximum atomic E-state index is 9.47. The van der Waals surface area contributed by atoms with Gasteiger partial charge in [-0.1, -0.05) is 163 Å². The molecule has 0 fully saturated rings. The monoisotopic (exact) mass is 738 g/mol. The van der Waals surface area contributed by atoms with E-state index in [1.54, 1.807) is 60.7 Å². The van der Waals surface area contributed by atoms with Crippen molar-refractivity contribution in [3.8, 4) is 56.7 Å². The molecule has 0 saturated carbocycles. The van der Waals surface area contributed by atoms with Crippen LogP contribution >= 0.6 is 0 Å². The van der Waals surface area contributed by atoms with Crippen LogP contribution in [0, 0.1) is 0 Å². The molecule has 0 amide bonds. The van der Waals surface area contributed by atoms with Crippen molar-refractivity contribution in [1.82, 2.24) is 24.1 Å². The third-order valence-corrected chi connectivity index (χ3v) is 9.20. The molecule has 5 heteroatoms. The summed E-state index contributed by atoms with van der Waals surface area (Å²) in [4.78, 5) is 13.9. The van der Waals surface area contributed by atoms with Gasteiger partial charge in [0.05, 0.1) is 53.6 Å². The smallest absolute Gasteiger partial charge is 0.238 e. The highest BCUT2D eigenvalue weighted by atomic mass is 15.2. The first-order valence-electron chi connectivity index (χ1n) is 28.5. The van der Waals surface area contributed by atoms with Crippen molar-refractivity contribution < 1.29 is 31.5 Å². The highest BCUT2D eigenvalue weighted by Gasteiger charge is 2.21. The van der Waals surface area contributed by atoms with Gasteiger partial charge < -0.3 is 4.57 Å². The van der Waals surface area contributed by atoms with Gasteiger partial charge in [-0.2, -0.15) is 9.97 Å². The van der Waals surface area contributed by atoms with Crippen molar-refractivity contribution in [2.24, 2.45) is 0 Å². The van der Waals surface area contributed by atoms with Crippen molar-refractivity contribution in [3.05, 3.63) is 200 Å². The van der Waals surface area contributed by atoms with E-state index in [1.165, 1.54) is 9.13 Å². The molecule has 0 spiro atoms. The minimum Gasteiger partial charge on any atom is -0.309 e. The van der Waals surface area contributed by atoms with Gasteiger partial charge in [0.25, 0.3) is 0 Å². The fraction of sp³-hybridized carbons (Fsp3) is 0. The number of nitrogens with zero attached hydrogens (tertiary/aromatic N) is 5. The lowest BCUT2D eigenvalue weighted by Gasteiger charge is -2.12. The van der Waals surface area contributed by atoms with Gasteiger partial charge in [-0.25, -0.2) is 4.98 Å². The molecule has 5 nitrogen and oxygen atoms in total. The quantitative estimate of drug-likeness (QED) is 0.171. The first kappa shape index (κ1) is 16.4. The second-order valence-corrected chi connectivity index (χ2v) is 12.3. The number of hydrogen-bond acceptors (Lipinski definition) is 3. The molecule has 262 valence electrons. The lowest BCUT2D eigenvalue weighted by atomic mass is 10.0. The number of aromatic nitrogens is 5. The number of hydrogen-bond donors (Lipinski definition) is 0. The van der Waals surface area contributed by atoms with E-state index in [0.29, 0.717) is 32.6 Å². The van der Waals surface area contributed by atoms with Crippen LogP contribution in [0.3, 0.4) is 0 Å². The SMILES string of the molecule is [2H]c1c([2H])c([2H])c(-c2nc(-c3c([2H])c([2H])c(-c4c([2H])c([2H])c([2H])c([2H])c4[2H])c([2H])c3[2H])nc(-n3c4ccccc4c4cc5c6ccccc6n(-c6c([2H])c([2H])c(-c7c([2H])c([2H])c([2H])c([2H])c7[2H])c([2H])c6[2H])c5cc43)n2)c([2H])c1[2H]. The van der Waals surface area contributed by atoms with Crippen molar-refractivity contribution in [1.29, 1.82) is 0 Å². The Morgan fingerprint density at radius 3 is 1.30 bits per heavy atom. The summed E-state index contributed by atoms with van der Waals surface area (Å²) in [5, 5.41) is 2.23. The Labute approximate surface area is 355 Å². The molecule has 0 unspecified atom stereocenters. The number of benzene rings is 8. The predicted molar refractivity (Wildman–Crippen MR) is 230 cm³/mol. The lowest BCUT2D eigenvalue weighted by Crippen LogP contribution is -2.06. The topological polar surface area (TPSA) is 48.5 Å². The molecule has 11 aromatic rings. The van der Waals surface area contributed by atoms with E-state index in [0.717, 1.165) is 0 Å². The van der Waals surface area contributed by atoms with Crippen LogP contribution in [0.1, 0.15) is 31.5 Å². The van der Waals surface area contributed by atoms with Gasteiger partial charge in [0.1, 0.15) is 0 Å². The molecular formula is C51H33N5. The summed E-state index contributed by atoms with van der Waals surface area (Å²) in [7, 11) is 0. The third-order valence-electron chi connectivity index (χ3n) is 9.20. The minimum absolute atomic E-state index is 0.268. The lowest BCUT2D eigenvalue weighted by molar-refractivity contribution is 0.953. The van der Waals surface area contributed by atoms with Gasteiger partial charge in [0, 0.05) is 38.4 Å². The summed E-state index contributed by atoms with van der Waals surface area (Å²) < 4.78 is 204. The Morgan fingerprint density at radius 1 is 0.339 bits per heavy atom. The van der Waals surface area contributed by atoms with E-state index in [1.807, 2.05) is 0 Å². The highest BCUT2D eigenvalue weighted by Crippen LogP contribution is 2.40. The van der Waals surface area contributed by atoms with E-state index in [9.17, 15) is 8.22 Å². The third kappa shape index (κ3) is 5.29. The Morgan fingerprint density at radius 2 is 0.750 bits per heavy atom. The van der Waals surface area contributed by atoms with Crippen molar-refractivity contribution in [3.63, 3.8) is 0 Å². The normalized spacial score (nSPS) is 17.3. The zero-order valence-electron chi connectivity index (χ0n) is 51.5. The maximum Gasteiger partial charge on any atom is 0.238 e.